The molecule has 0 saturated carbocycles. The summed E-state index contributed by atoms with van der Waals surface area (Å²) in [5.74, 6) is -0.0655. The van der Waals surface area contributed by atoms with Crippen molar-refractivity contribution >= 4 is 11.9 Å². The number of allylic oxidation sites excluding steroid dienone is 5. The van der Waals surface area contributed by atoms with E-state index in [1.165, 1.54) is 289 Å². The van der Waals surface area contributed by atoms with Gasteiger partial charge < -0.3 is 20.3 Å². The normalized spacial score (nSPS) is 12.7. The molecule has 2 unspecified atom stereocenters. The number of amides is 1. The molecule has 0 aliphatic heterocycles. The van der Waals surface area contributed by atoms with Crippen molar-refractivity contribution in [2.75, 3.05) is 13.2 Å². The van der Waals surface area contributed by atoms with E-state index in [9.17, 15) is 19.8 Å². The van der Waals surface area contributed by atoms with E-state index in [1.54, 1.807) is 6.08 Å². The van der Waals surface area contributed by atoms with Crippen molar-refractivity contribution in [1.82, 2.24) is 5.32 Å². The molecule has 6 nitrogen and oxygen atoms in total. The summed E-state index contributed by atoms with van der Waals surface area (Å²) in [6.07, 6.45) is 81.9. The van der Waals surface area contributed by atoms with Gasteiger partial charge in [-0.25, -0.2) is 0 Å². The first-order chi connectivity index (χ1) is 37.0. The Morgan fingerprint density at radius 3 is 1.04 bits per heavy atom. The van der Waals surface area contributed by atoms with Crippen molar-refractivity contribution in [3.8, 4) is 0 Å². The van der Waals surface area contributed by atoms with Gasteiger partial charge in [-0.15, -0.1) is 0 Å². The van der Waals surface area contributed by atoms with Crippen LogP contribution < -0.4 is 5.32 Å². The second-order valence-corrected chi connectivity index (χ2v) is 23.2. The number of hydrogen-bond donors (Lipinski definition) is 3. The summed E-state index contributed by atoms with van der Waals surface area (Å²) in [7, 11) is 0. The van der Waals surface area contributed by atoms with E-state index >= 15 is 0 Å². The third-order valence-corrected chi connectivity index (χ3v) is 15.7. The van der Waals surface area contributed by atoms with Gasteiger partial charge in [0.1, 0.15) is 0 Å². The van der Waals surface area contributed by atoms with Crippen molar-refractivity contribution in [2.24, 2.45) is 0 Å². The highest BCUT2D eigenvalue weighted by Crippen LogP contribution is 2.18. The van der Waals surface area contributed by atoms with Crippen LogP contribution in [0.1, 0.15) is 367 Å². The second-order valence-electron chi connectivity index (χ2n) is 23.2. The van der Waals surface area contributed by atoms with Gasteiger partial charge in [0.25, 0.3) is 0 Å². The first-order valence-corrected chi connectivity index (χ1v) is 33.8. The molecule has 0 fully saturated rings. The van der Waals surface area contributed by atoms with Crippen LogP contribution in [0.25, 0.3) is 0 Å². The fraction of sp³-hybridized carbons (Fsp3) is 0.884. The molecule has 2 atom stereocenters. The fourth-order valence-electron chi connectivity index (χ4n) is 10.5. The Bertz CT molecular complexity index is 1210. The Kier molecular flexibility index (Phi) is 63.0. The summed E-state index contributed by atoms with van der Waals surface area (Å²) >= 11 is 0. The summed E-state index contributed by atoms with van der Waals surface area (Å²) in [5, 5.41) is 23.2. The maximum absolute atomic E-state index is 12.5. The molecule has 0 heterocycles. The van der Waals surface area contributed by atoms with Gasteiger partial charge in [-0.05, 0) is 64.2 Å². The van der Waals surface area contributed by atoms with Gasteiger partial charge in [-0.1, -0.05) is 326 Å². The molecular formula is C69H131NO5. The summed E-state index contributed by atoms with van der Waals surface area (Å²) in [6.45, 7) is 4.90. The van der Waals surface area contributed by atoms with Crippen molar-refractivity contribution in [3.05, 3.63) is 36.5 Å². The Morgan fingerprint density at radius 2 is 0.667 bits per heavy atom. The van der Waals surface area contributed by atoms with E-state index in [4.69, 9.17) is 4.74 Å². The van der Waals surface area contributed by atoms with Crippen LogP contribution in [-0.2, 0) is 14.3 Å². The smallest absolute Gasteiger partial charge is 0.305 e. The number of rotatable bonds is 63. The zero-order valence-electron chi connectivity index (χ0n) is 50.5. The van der Waals surface area contributed by atoms with Crippen molar-refractivity contribution < 1.29 is 24.5 Å². The summed E-state index contributed by atoms with van der Waals surface area (Å²) < 4.78 is 5.50. The Balaban J connectivity index is 3.43. The maximum atomic E-state index is 12.5. The lowest BCUT2D eigenvalue weighted by atomic mass is 10.0. The third kappa shape index (κ3) is 61.2. The lowest BCUT2D eigenvalue weighted by Gasteiger charge is -2.20. The molecule has 0 bridgehead atoms. The van der Waals surface area contributed by atoms with Gasteiger partial charge in [0.15, 0.2) is 0 Å². The minimum absolute atomic E-state index is 0.00334. The topological polar surface area (TPSA) is 95.9 Å². The number of aliphatic hydroxyl groups excluding tert-OH is 2. The lowest BCUT2D eigenvalue weighted by molar-refractivity contribution is -0.143. The van der Waals surface area contributed by atoms with Crippen LogP contribution in [0.15, 0.2) is 36.5 Å². The number of carbonyl (C=O) groups is 2. The predicted molar refractivity (Wildman–Crippen MR) is 329 cm³/mol. The van der Waals surface area contributed by atoms with Crippen LogP contribution in [0.5, 0.6) is 0 Å². The molecule has 0 aliphatic carbocycles. The van der Waals surface area contributed by atoms with Crippen LogP contribution in [0.4, 0.5) is 0 Å². The minimum atomic E-state index is -0.849. The zero-order chi connectivity index (χ0) is 54.3. The van der Waals surface area contributed by atoms with Gasteiger partial charge in [0, 0.05) is 12.8 Å². The van der Waals surface area contributed by atoms with Gasteiger partial charge in [-0.3, -0.25) is 9.59 Å². The Morgan fingerprint density at radius 1 is 0.373 bits per heavy atom. The van der Waals surface area contributed by atoms with E-state index in [2.05, 4.69) is 43.5 Å². The largest absolute Gasteiger partial charge is 0.466 e. The number of ether oxygens (including phenoxy) is 1. The van der Waals surface area contributed by atoms with Crippen molar-refractivity contribution in [3.63, 3.8) is 0 Å². The first-order valence-electron chi connectivity index (χ1n) is 33.8. The molecule has 0 aromatic carbocycles. The minimum Gasteiger partial charge on any atom is -0.466 e. The van der Waals surface area contributed by atoms with Crippen LogP contribution in [0.2, 0.25) is 0 Å². The molecule has 3 N–H and O–H groups in total. The molecule has 0 radical (unpaired) electrons. The highest BCUT2D eigenvalue weighted by Gasteiger charge is 2.18. The highest BCUT2D eigenvalue weighted by atomic mass is 16.5. The van der Waals surface area contributed by atoms with Crippen molar-refractivity contribution in [2.45, 2.75) is 379 Å². The maximum Gasteiger partial charge on any atom is 0.305 e. The molecule has 1 amide bonds. The van der Waals surface area contributed by atoms with E-state index in [0.29, 0.717) is 19.4 Å². The number of unbranched alkanes of at least 4 members (excludes halogenated alkanes) is 48. The van der Waals surface area contributed by atoms with Gasteiger partial charge in [0.2, 0.25) is 5.91 Å². The summed E-state index contributed by atoms with van der Waals surface area (Å²) in [6, 6.07) is -0.633. The van der Waals surface area contributed by atoms with Crippen LogP contribution in [-0.4, -0.2) is 47.4 Å². The molecule has 75 heavy (non-hydrogen) atoms. The van der Waals surface area contributed by atoms with Crippen LogP contribution in [0, 0.1) is 0 Å². The lowest BCUT2D eigenvalue weighted by Crippen LogP contribution is -2.45. The summed E-state index contributed by atoms with van der Waals surface area (Å²) in [4.78, 5) is 24.6. The van der Waals surface area contributed by atoms with Crippen LogP contribution >= 0.6 is 0 Å². The third-order valence-electron chi connectivity index (χ3n) is 15.7. The average Bonchev–Trinajstić information content (AvgIpc) is 3.41. The summed E-state index contributed by atoms with van der Waals surface area (Å²) in [5.41, 5.74) is 0. The molecule has 0 aromatic rings. The predicted octanol–water partition coefficient (Wildman–Crippen LogP) is 21.5. The molecule has 442 valence electrons. The van der Waals surface area contributed by atoms with E-state index in [-0.39, 0.29) is 18.5 Å². The number of carbonyl (C=O) groups excluding carboxylic acids is 2. The van der Waals surface area contributed by atoms with Gasteiger partial charge in [0.05, 0.1) is 25.4 Å². The average molecular weight is 1050 g/mol. The number of esters is 1. The quantitative estimate of drug-likeness (QED) is 0.0320. The van der Waals surface area contributed by atoms with Gasteiger partial charge in [-0.2, -0.15) is 0 Å². The van der Waals surface area contributed by atoms with Gasteiger partial charge >= 0.3 is 5.97 Å². The van der Waals surface area contributed by atoms with E-state index in [1.807, 2.05) is 6.08 Å². The Hall–Kier alpha value is -1.92. The van der Waals surface area contributed by atoms with E-state index < -0.39 is 12.1 Å². The highest BCUT2D eigenvalue weighted by molar-refractivity contribution is 5.76. The Labute approximate surface area is 468 Å². The van der Waals surface area contributed by atoms with E-state index in [0.717, 1.165) is 51.4 Å². The standard InChI is InChI=1S/C69H131NO5/c1-3-5-7-9-11-13-15-17-19-21-23-24-26-29-33-37-41-45-49-53-57-61-67(72)66(65-71)70-68(73)62-58-54-50-46-42-38-34-30-27-28-32-36-40-44-48-52-56-60-64-75-69(74)63-59-55-51-47-43-39-35-31-25-22-20-18-16-14-12-10-8-6-4-2/h12,14,18,20,57,61,66-67,71-72H,3-11,13,15-17,19,21-56,58-60,62-65H2,1-2H3,(H,70,73)/b14-12-,20-18-,61-57+. The molecule has 0 spiro atoms. The zero-order valence-corrected chi connectivity index (χ0v) is 50.5. The molecule has 0 aromatic heterocycles. The molecule has 0 saturated heterocycles. The first kappa shape index (κ1) is 73.1. The molecular weight excluding hydrogens is 923 g/mol. The number of aliphatic hydroxyl groups is 2. The second kappa shape index (κ2) is 64.6. The monoisotopic (exact) mass is 1050 g/mol. The molecule has 0 rings (SSSR count). The van der Waals surface area contributed by atoms with Crippen LogP contribution in [0.3, 0.4) is 0 Å². The SMILES string of the molecule is CCCCC/C=C\C/C=C\CCCCCCCCCCCC(=O)OCCCCCCCCCCCCCCCCCCCCC(=O)NC(CO)C(O)/C=C/CCCCCCCCCCCCCCCCCCCCC. The number of hydrogen-bond acceptors (Lipinski definition) is 5. The molecule has 6 heteroatoms. The number of nitrogens with one attached hydrogen (secondary N) is 1. The van der Waals surface area contributed by atoms with Crippen molar-refractivity contribution in [1.29, 1.82) is 0 Å². The molecule has 0 aliphatic rings. The fourth-order valence-corrected chi connectivity index (χ4v) is 10.5.